The van der Waals surface area contributed by atoms with Crippen molar-refractivity contribution in [3.8, 4) is 0 Å². The fourth-order valence-corrected chi connectivity index (χ4v) is 0.255. The van der Waals surface area contributed by atoms with Crippen molar-refractivity contribution < 1.29 is 9.53 Å². The lowest BCUT2D eigenvalue weighted by atomic mass is 10.5. The number of esters is 1. The Labute approximate surface area is 49.0 Å². The fraction of sp³-hybridized carbons (Fsp3) is 0.800. The molecule has 0 rings (SSSR count). The van der Waals surface area contributed by atoms with E-state index in [9.17, 15) is 4.79 Å². The SMILES string of the molecule is CCC(=O)OCNC. The normalized spacial score (nSPS) is 8.75. The van der Waals surface area contributed by atoms with Crippen molar-refractivity contribution in [2.75, 3.05) is 13.8 Å². The maximum atomic E-state index is 10.3. The first-order valence-electron chi connectivity index (χ1n) is 2.61. The van der Waals surface area contributed by atoms with Crippen LogP contribution in [0.1, 0.15) is 13.3 Å². The molecular formula is C5H11NO2. The van der Waals surface area contributed by atoms with Crippen molar-refractivity contribution in [2.24, 2.45) is 0 Å². The maximum Gasteiger partial charge on any atom is 0.306 e. The Balaban J connectivity index is 2.99. The van der Waals surface area contributed by atoms with Crippen LogP contribution in [-0.4, -0.2) is 19.7 Å². The molecule has 0 aliphatic rings. The minimum atomic E-state index is -0.167. The molecule has 0 aromatic heterocycles. The Morgan fingerprint density at radius 1 is 1.75 bits per heavy atom. The molecule has 0 atom stereocenters. The van der Waals surface area contributed by atoms with Gasteiger partial charge in [0.2, 0.25) is 0 Å². The molecule has 0 aliphatic carbocycles. The third-order valence-electron chi connectivity index (χ3n) is 0.666. The van der Waals surface area contributed by atoms with Crippen LogP contribution in [-0.2, 0) is 9.53 Å². The molecule has 8 heavy (non-hydrogen) atoms. The quantitative estimate of drug-likeness (QED) is 0.421. The average Bonchev–Trinajstić information content (AvgIpc) is 1.83. The van der Waals surface area contributed by atoms with Gasteiger partial charge in [0.15, 0.2) is 0 Å². The van der Waals surface area contributed by atoms with Gasteiger partial charge >= 0.3 is 5.97 Å². The molecule has 0 radical (unpaired) electrons. The summed E-state index contributed by atoms with van der Waals surface area (Å²) >= 11 is 0. The van der Waals surface area contributed by atoms with E-state index in [2.05, 4.69) is 10.1 Å². The first kappa shape index (κ1) is 7.43. The molecular weight excluding hydrogens is 106 g/mol. The Hall–Kier alpha value is -0.570. The molecule has 0 amide bonds. The van der Waals surface area contributed by atoms with Gasteiger partial charge in [-0.05, 0) is 7.05 Å². The lowest BCUT2D eigenvalue weighted by Crippen LogP contribution is -2.15. The molecule has 0 fully saturated rings. The fourth-order valence-electron chi connectivity index (χ4n) is 0.255. The van der Waals surface area contributed by atoms with Gasteiger partial charge in [-0.25, -0.2) is 0 Å². The smallest absolute Gasteiger partial charge is 0.306 e. The van der Waals surface area contributed by atoms with Gasteiger partial charge < -0.3 is 4.74 Å². The zero-order valence-corrected chi connectivity index (χ0v) is 5.23. The molecule has 0 bridgehead atoms. The summed E-state index contributed by atoms with van der Waals surface area (Å²) in [5.74, 6) is -0.167. The highest BCUT2D eigenvalue weighted by atomic mass is 16.5. The van der Waals surface area contributed by atoms with E-state index in [-0.39, 0.29) is 5.97 Å². The standard InChI is InChI=1S/C5H11NO2/c1-3-5(7)8-4-6-2/h6H,3-4H2,1-2H3. The van der Waals surface area contributed by atoms with E-state index in [1.54, 1.807) is 14.0 Å². The molecule has 0 aromatic rings. The number of nitrogens with one attached hydrogen (secondary N) is 1. The zero-order chi connectivity index (χ0) is 6.41. The molecule has 0 saturated heterocycles. The van der Waals surface area contributed by atoms with Crippen LogP contribution in [0.25, 0.3) is 0 Å². The Morgan fingerprint density at radius 3 is 2.75 bits per heavy atom. The first-order chi connectivity index (χ1) is 3.81. The van der Waals surface area contributed by atoms with Crippen LogP contribution in [0.2, 0.25) is 0 Å². The summed E-state index contributed by atoms with van der Waals surface area (Å²) in [5.41, 5.74) is 0. The van der Waals surface area contributed by atoms with Crippen LogP contribution < -0.4 is 5.32 Å². The predicted octanol–water partition coefficient (Wildman–Crippen LogP) is 0.116. The average molecular weight is 117 g/mol. The highest BCUT2D eigenvalue weighted by Gasteiger charge is 1.92. The summed E-state index contributed by atoms with van der Waals surface area (Å²) in [6.07, 6.45) is 0.446. The maximum absolute atomic E-state index is 10.3. The second-order valence-corrected chi connectivity index (χ2v) is 1.37. The van der Waals surface area contributed by atoms with Gasteiger partial charge in [0.05, 0.1) is 0 Å². The predicted molar refractivity (Wildman–Crippen MR) is 30.3 cm³/mol. The highest BCUT2D eigenvalue weighted by molar-refractivity contribution is 5.68. The van der Waals surface area contributed by atoms with Gasteiger partial charge in [0.25, 0.3) is 0 Å². The van der Waals surface area contributed by atoms with Gasteiger partial charge in [-0.1, -0.05) is 6.92 Å². The number of ether oxygens (including phenoxy) is 1. The molecule has 0 spiro atoms. The summed E-state index contributed by atoms with van der Waals surface area (Å²) in [7, 11) is 1.73. The van der Waals surface area contributed by atoms with Crippen LogP contribution in [0.15, 0.2) is 0 Å². The van der Waals surface area contributed by atoms with E-state index < -0.39 is 0 Å². The molecule has 0 aliphatic heterocycles. The molecule has 0 unspecified atom stereocenters. The van der Waals surface area contributed by atoms with Crippen molar-refractivity contribution in [3.05, 3.63) is 0 Å². The summed E-state index contributed by atoms with van der Waals surface area (Å²) in [5, 5.41) is 2.69. The van der Waals surface area contributed by atoms with Gasteiger partial charge in [0.1, 0.15) is 6.73 Å². The molecule has 0 heterocycles. The molecule has 1 N–H and O–H groups in total. The Bertz CT molecular complexity index is 72.8. The van der Waals surface area contributed by atoms with Crippen molar-refractivity contribution in [1.82, 2.24) is 5.32 Å². The van der Waals surface area contributed by atoms with Crippen LogP contribution in [0.4, 0.5) is 0 Å². The molecule has 0 aromatic carbocycles. The van der Waals surface area contributed by atoms with E-state index in [4.69, 9.17) is 0 Å². The third kappa shape index (κ3) is 3.61. The summed E-state index contributed by atoms with van der Waals surface area (Å²) in [6.45, 7) is 2.07. The monoisotopic (exact) mass is 117 g/mol. The molecule has 3 nitrogen and oxygen atoms in total. The molecule has 3 heteroatoms. The van der Waals surface area contributed by atoms with Crippen molar-refractivity contribution in [3.63, 3.8) is 0 Å². The number of carbonyl (C=O) groups is 1. The van der Waals surface area contributed by atoms with Crippen LogP contribution in [0, 0.1) is 0 Å². The first-order valence-corrected chi connectivity index (χ1v) is 2.61. The second kappa shape index (κ2) is 4.59. The lowest BCUT2D eigenvalue weighted by Gasteiger charge is -1.98. The van der Waals surface area contributed by atoms with Gasteiger partial charge in [-0.15, -0.1) is 0 Å². The Morgan fingerprint density at radius 2 is 2.38 bits per heavy atom. The van der Waals surface area contributed by atoms with Crippen molar-refractivity contribution in [1.29, 1.82) is 0 Å². The summed E-state index contributed by atoms with van der Waals surface area (Å²) in [6, 6.07) is 0. The van der Waals surface area contributed by atoms with E-state index in [1.807, 2.05) is 0 Å². The number of hydrogen-bond donors (Lipinski definition) is 1. The van der Waals surface area contributed by atoms with E-state index in [0.717, 1.165) is 0 Å². The highest BCUT2D eigenvalue weighted by Crippen LogP contribution is 1.79. The number of hydrogen-bond acceptors (Lipinski definition) is 3. The van der Waals surface area contributed by atoms with Gasteiger partial charge in [-0.2, -0.15) is 0 Å². The van der Waals surface area contributed by atoms with E-state index in [1.165, 1.54) is 0 Å². The summed E-state index contributed by atoms with van der Waals surface area (Å²) in [4.78, 5) is 10.3. The lowest BCUT2D eigenvalue weighted by molar-refractivity contribution is -0.143. The summed E-state index contributed by atoms with van der Waals surface area (Å²) < 4.78 is 4.59. The van der Waals surface area contributed by atoms with Crippen LogP contribution in [0.3, 0.4) is 0 Å². The van der Waals surface area contributed by atoms with Crippen LogP contribution in [0.5, 0.6) is 0 Å². The topological polar surface area (TPSA) is 38.3 Å². The third-order valence-corrected chi connectivity index (χ3v) is 0.666. The molecule has 48 valence electrons. The zero-order valence-electron chi connectivity index (χ0n) is 5.23. The number of rotatable bonds is 3. The number of carbonyl (C=O) groups excluding carboxylic acids is 1. The second-order valence-electron chi connectivity index (χ2n) is 1.37. The van der Waals surface area contributed by atoms with Gasteiger partial charge in [-0.3, -0.25) is 10.1 Å². The molecule has 0 saturated carbocycles. The largest absolute Gasteiger partial charge is 0.450 e. The van der Waals surface area contributed by atoms with E-state index in [0.29, 0.717) is 13.2 Å². The minimum absolute atomic E-state index is 0.167. The van der Waals surface area contributed by atoms with Crippen LogP contribution >= 0.6 is 0 Å². The van der Waals surface area contributed by atoms with E-state index >= 15 is 0 Å². The van der Waals surface area contributed by atoms with Crippen molar-refractivity contribution >= 4 is 5.97 Å². The van der Waals surface area contributed by atoms with Crippen molar-refractivity contribution in [2.45, 2.75) is 13.3 Å². The van der Waals surface area contributed by atoms with Gasteiger partial charge in [0, 0.05) is 6.42 Å². The minimum Gasteiger partial charge on any atom is -0.450 e. The Kier molecular flexibility index (Phi) is 4.26.